The summed E-state index contributed by atoms with van der Waals surface area (Å²) in [6.45, 7) is 3.37. The molecule has 1 rings (SSSR count). The molecule has 1 aromatic carbocycles. The van der Waals surface area contributed by atoms with Crippen LogP contribution in [-0.2, 0) is 9.53 Å². The Kier molecular flexibility index (Phi) is 5.26. The predicted molar refractivity (Wildman–Crippen MR) is 63.0 cm³/mol. The first kappa shape index (κ1) is 12.1. The summed E-state index contributed by atoms with van der Waals surface area (Å²) in [5.74, 6) is 0.769. The zero-order chi connectivity index (χ0) is 11.1. The number of hydrogen-bond acceptors (Lipinski definition) is 3. The molecular formula is C12H16O2S. The fourth-order valence-corrected chi connectivity index (χ4v) is 2.24. The molecule has 0 N–H and O–H groups in total. The maximum atomic E-state index is 10.7. The minimum Gasteiger partial charge on any atom is -0.463 e. The molecule has 0 fully saturated rings. The van der Waals surface area contributed by atoms with Crippen molar-refractivity contribution in [2.75, 3.05) is 5.75 Å². The second-order valence-corrected chi connectivity index (χ2v) is 4.54. The van der Waals surface area contributed by atoms with Crippen molar-refractivity contribution in [2.45, 2.75) is 31.3 Å². The number of benzene rings is 1. The van der Waals surface area contributed by atoms with Crippen molar-refractivity contribution in [1.82, 2.24) is 0 Å². The van der Waals surface area contributed by atoms with E-state index < -0.39 is 0 Å². The topological polar surface area (TPSA) is 26.3 Å². The van der Waals surface area contributed by atoms with E-state index >= 15 is 0 Å². The monoisotopic (exact) mass is 224 g/mol. The molecule has 0 spiro atoms. The van der Waals surface area contributed by atoms with E-state index in [0.717, 1.165) is 12.2 Å². The van der Waals surface area contributed by atoms with Gasteiger partial charge in [0, 0.05) is 17.6 Å². The molecule has 15 heavy (non-hydrogen) atoms. The first-order chi connectivity index (χ1) is 7.18. The Morgan fingerprint density at radius 3 is 2.67 bits per heavy atom. The molecule has 0 amide bonds. The van der Waals surface area contributed by atoms with Crippen molar-refractivity contribution in [3.05, 3.63) is 30.3 Å². The number of carbonyl (C=O) groups is 1. The molecule has 0 aliphatic carbocycles. The summed E-state index contributed by atoms with van der Waals surface area (Å²) >= 11 is 1.78. The Labute approximate surface area is 95.0 Å². The quantitative estimate of drug-likeness (QED) is 0.568. The summed E-state index contributed by atoms with van der Waals surface area (Å²) in [6, 6.07) is 10.2. The molecular weight excluding hydrogens is 208 g/mol. The molecule has 3 heteroatoms. The van der Waals surface area contributed by atoms with Crippen LogP contribution in [0.2, 0.25) is 0 Å². The van der Waals surface area contributed by atoms with E-state index in [1.165, 1.54) is 11.8 Å². The zero-order valence-electron chi connectivity index (χ0n) is 9.10. The third-order valence-corrected chi connectivity index (χ3v) is 2.95. The van der Waals surface area contributed by atoms with Gasteiger partial charge < -0.3 is 4.74 Å². The maximum Gasteiger partial charge on any atom is 0.302 e. The van der Waals surface area contributed by atoms with E-state index in [1.807, 2.05) is 25.1 Å². The van der Waals surface area contributed by atoms with Gasteiger partial charge in [-0.3, -0.25) is 4.79 Å². The minimum absolute atomic E-state index is 0.0127. The Hall–Kier alpha value is -0.960. The molecule has 0 aliphatic heterocycles. The molecule has 1 aromatic rings. The lowest BCUT2D eigenvalue weighted by molar-refractivity contribution is -0.145. The second kappa shape index (κ2) is 6.51. The molecule has 1 unspecified atom stereocenters. The van der Waals surface area contributed by atoms with Crippen LogP contribution >= 0.6 is 11.8 Å². The van der Waals surface area contributed by atoms with Gasteiger partial charge in [0.1, 0.15) is 0 Å². The van der Waals surface area contributed by atoms with Crippen molar-refractivity contribution in [3.63, 3.8) is 0 Å². The van der Waals surface area contributed by atoms with E-state index in [1.54, 1.807) is 11.8 Å². The van der Waals surface area contributed by atoms with Crippen molar-refractivity contribution < 1.29 is 9.53 Å². The molecule has 2 nitrogen and oxygen atoms in total. The van der Waals surface area contributed by atoms with Crippen LogP contribution in [0.15, 0.2) is 35.2 Å². The Balaban J connectivity index is 2.19. The lowest BCUT2D eigenvalue weighted by Gasteiger charge is -2.10. The van der Waals surface area contributed by atoms with Gasteiger partial charge in [0.25, 0.3) is 0 Å². The zero-order valence-corrected chi connectivity index (χ0v) is 9.92. The molecule has 0 bridgehead atoms. The van der Waals surface area contributed by atoms with Gasteiger partial charge in [-0.1, -0.05) is 18.2 Å². The number of hydrogen-bond donors (Lipinski definition) is 0. The van der Waals surface area contributed by atoms with Gasteiger partial charge in [0.15, 0.2) is 0 Å². The highest BCUT2D eigenvalue weighted by molar-refractivity contribution is 7.99. The van der Waals surface area contributed by atoms with Crippen molar-refractivity contribution >= 4 is 17.7 Å². The number of carbonyl (C=O) groups excluding carboxylic acids is 1. The summed E-state index contributed by atoms with van der Waals surface area (Å²) in [6.07, 6.45) is 0.901. The fraction of sp³-hybridized carbons (Fsp3) is 0.417. The highest BCUT2D eigenvalue weighted by Gasteiger charge is 2.04. The van der Waals surface area contributed by atoms with Gasteiger partial charge in [-0.15, -0.1) is 11.8 Å². The Morgan fingerprint density at radius 1 is 1.40 bits per heavy atom. The van der Waals surface area contributed by atoms with Crippen LogP contribution in [0.4, 0.5) is 0 Å². The molecule has 0 heterocycles. The van der Waals surface area contributed by atoms with Gasteiger partial charge in [0.2, 0.25) is 0 Å². The first-order valence-corrected chi connectivity index (χ1v) is 6.02. The van der Waals surface area contributed by atoms with Gasteiger partial charge in [0.05, 0.1) is 6.10 Å². The van der Waals surface area contributed by atoms with Gasteiger partial charge >= 0.3 is 5.97 Å². The average Bonchev–Trinajstić information content (AvgIpc) is 2.18. The van der Waals surface area contributed by atoms with E-state index in [4.69, 9.17) is 4.74 Å². The number of esters is 1. The van der Waals surface area contributed by atoms with E-state index in [9.17, 15) is 4.79 Å². The van der Waals surface area contributed by atoms with Crippen molar-refractivity contribution in [2.24, 2.45) is 0 Å². The number of ether oxygens (including phenoxy) is 1. The van der Waals surface area contributed by atoms with Crippen LogP contribution in [0.1, 0.15) is 20.3 Å². The third-order valence-electron chi connectivity index (χ3n) is 1.90. The first-order valence-electron chi connectivity index (χ1n) is 5.03. The summed E-state index contributed by atoms with van der Waals surface area (Å²) in [4.78, 5) is 11.9. The molecule has 0 aromatic heterocycles. The summed E-state index contributed by atoms with van der Waals surface area (Å²) in [5, 5.41) is 0. The highest BCUT2D eigenvalue weighted by Crippen LogP contribution is 2.18. The van der Waals surface area contributed by atoms with E-state index in [2.05, 4.69) is 12.1 Å². The van der Waals surface area contributed by atoms with Gasteiger partial charge in [-0.05, 0) is 25.5 Å². The van der Waals surface area contributed by atoms with E-state index in [0.29, 0.717) is 0 Å². The Morgan fingerprint density at radius 2 is 2.07 bits per heavy atom. The standard InChI is InChI=1S/C12H16O2S/c1-10(14-11(2)13)8-9-15-12-6-4-3-5-7-12/h3-7,10H,8-9H2,1-2H3. The van der Waals surface area contributed by atoms with Gasteiger partial charge in [-0.25, -0.2) is 0 Å². The van der Waals surface area contributed by atoms with Crippen LogP contribution in [0.25, 0.3) is 0 Å². The van der Waals surface area contributed by atoms with E-state index in [-0.39, 0.29) is 12.1 Å². The normalized spacial score (nSPS) is 12.1. The van der Waals surface area contributed by atoms with Gasteiger partial charge in [-0.2, -0.15) is 0 Å². The number of rotatable bonds is 5. The fourth-order valence-electron chi connectivity index (χ4n) is 1.20. The maximum absolute atomic E-state index is 10.7. The lowest BCUT2D eigenvalue weighted by atomic mass is 10.3. The molecule has 0 saturated heterocycles. The van der Waals surface area contributed by atoms with Crippen LogP contribution < -0.4 is 0 Å². The van der Waals surface area contributed by atoms with Crippen LogP contribution in [0.5, 0.6) is 0 Å². The molecule has 0 radical (unpaired) electrons. The molecule has 82 valence electrons. The summed E-state index contributed by atoms with van der Waals surface area (Å²) in [7, 11) is 0. The second-order valence-electron chi connectivity index (χ2n) is 3.37. The Bertz CT molecular complexity index is 298. The number of thioether (sulfide) groups is 1. The highest BCUT2D eigenvalue weighted by atomic mass is 32.2. The predicted octanol–water partition coefficient (Wildman–Crippen LogP) is 3.12. The molecule has 1 atom stereocenters. The molecule has 0 aliphatic rings. The van der Waals surface area contributed by atoms with Crippen LogP contribution in [0.3, 0.4) is 0 Å². The van der Waals surface area contributed by atoms with Crippen LogP contribution in [-0.4, -0.2) is 17.8 Å². The third kappa shape index (κ3) is 5.47. The summed E-state index contributed by atoms with van der Waals surface area (Å²) in [5.41, 5.74) is 0. The SMILES string of the molecule is CC(=O)OC(C)CCSc1ccccc1. The van der Waals surface area contributed by atoms with Crippen LogP contribution in [0, 0.1) is 0 Å². The summed E-state index contributed by atoms with van der Waals surface area (Å²) < 4.78 is 5.04. The molecule has 0 saturated carbocycles. The smallest absolute Gasteiger partial charge is 0.302 e. The largest absolute Gasteiger partial charge is 0.463 e. The van der Waals surface area contributed by atoms with Crippen molar-refractivity contribution in [1.29, 1.82) is 0 Å². The lowest BCUT2D eigenvalue weighted by Crippen LogP contribution is -2.12. The minimum atomic E-state index is -0.202. The van der Waals surface area contributed by atoms with Crippen molar-refractivity contribution in [3.8, 4) is 0 Å². The average molecular weight is 224 g/mol.